The fourth-order valence-electron chi connectivity index (χ4n) is 2.55. The summed E-state index contributed by atoms with van der Waals surface area (Å²) in [5, 5.41) is 3.49. The van der Waals surface area contributed by atoms with Crippen LogP contribution in [0.3, 0.4) is 0 Å². The molecule has 1 aromatic heterocycles. The number of hydrogen-bond donors (Lipinski definition) is 1. The summed E-state index contributed by atoms with van der Waals surface area (Å²) >= 11 is 0. The normalized spacial score (nSPS) is 19.9. The van der Waals surface area contributed by atoms with Crippen molar-refractivity contribution in [1.29, 1.82) is 0 Å². The van der Waals surface area contributed by atoms with Gasteiger partial charge in [-0.2, -0.15) is 0 Å². The van der Waals surface area contributed by atoms with Crippen LogP contribution in [0.4, 0.5) is 0 Å². The minimum absolute atomic E-state index is 0.145. The predicted molar refractivity (Wildman–Crippen MR) is 69.2 cm³/mol. The number of aromatic nitrogens is 2. The lowest BCUT2D eigenvalue weighted by Crippen LogP contribution is -2.25. The largest absolute Gasteiger partial charge is 0.328 e. The Balaban J connectivity index is 1.80. The number of imidazole rings is 1. The molecule has 0 amide bonds. The third-order valence-corrected chi connectivity index (χ3v) is 3.50. The van der Waals surface area contributed by atoms with Gasteiger partial charge in [0.2, 0.25) is 0 Å². The molecular formula is C13H23N3O. The highest BCUT2D eigenvalue weighted by Crippen LogP contribution is 2.10. The highest BCUT2D eigenvalue weighted by atomic mass is 16.1. The fourth-order valence-corrected chi connectivity index (χ4v) is 2.55. The van der Waals surface area contributed by atoms with Crippen molar-refractivity contribution in [3.8, 4) is 0 Å². The Labute approximate surface area is 103 Å². The molecule has 96 valence electrons. The Morgan fingerprint density at radius 1 is 1.35 bits per heavy atom. The minimum Gasteiger partial charge on any atom is -0.314 e. The lowest BCUT2D eigenvalue weighted by Gasteiger charge is -2.09. The van der Waals surface area contributed by atoms with Crippen molar-refractivity contribution in [1.82, 2.24) is 14.5 Å². The Bertz CT molecular complexity index is 388. The molecule has 2 rings (SSSR count). The molecule has 0 aliphatic carbocycles. The van der Waals surface area contributed by atoms with Crippen molar-refractivity contribution in [2.24, 2.45) is 0 Å². The van der Waals surface area contributed by atoms with Crippen molar-refractivity contribution in [3.63, 3.8) is 0 Å². The molecule has 1 aromatic rings. The van der Waals surface area contributed by atoms with Crippen molar-refractivity contribution < 1.29 is 0 Å². The summed E-state index contributed by atoms with van der Waals surface area (Å²) in [5.41, 5.74) is 0.145. The summed E-state index contributed by atoms with van der Waals surface area (Å²) in [6, 6.07) is 0.684. The van der Waals surface area contributed by atoms with Crippen molar-refractivity contribution in [3.05, 3.63) is 22.9 Å². The van der Waals surface area contributed by atoms with Gasteiger partial charge in [-0.15, -0.1) is 0 Å². The van der Waals surface area contributed by atoms with Crippen molar-refractivity contribution in [2.45, 2.75) is 58.2 Å². The zero-order chi connectivity index (χ0) is 12.1. The summed E-state index contributed by atoms with van der Waals surface area (Å²) in [4.78, 5) is 11.9. The van der Waals surface area contributed by atoms with Crippen molar-refractivity contribution in [2.75, 3.05) is 6.54 Å². The number of nitrogens with zero attached hydrogens (tertiary/aromatic N) is 2. The van der Waals surface area contributed by atoms with E-state index in [0.29, 0.717) is 6.04 Å². The highest BCUT2D eigenvalue weighted by molar-refractivity contribution is 4.82. The Hall–Kier alpha value is -1.03. The third-order valence-electron chi connectivity index (χ3n) is 3.50. The number of aryl methyl sites for hydroxylation is 2. The molecule has 0 aromatic carbocycles. The van der Waals surface area contributed by atoms with E-state index in [1.165, 1.54) is 19.3 Å². The monoisotopic (exact) mass is 237 g/mol. The first-order chi connectivity index (χ1) is 8.31. The summed E-state index contributed by atoms with van der Waals surface area (Å²) < 4.78 is 3.64. The molecule has 1 saturated heterocycles. The zero-order valence-corrected chi connectivity index (χ0v) is 10.7. The maximum absolute atomic E-state index is 11.9. The maximum Gasteiger partial charge on any atom is 0.328 e. The van der Waals surface area contributed by atoms with Crippen LogP contribution in [0.1, 0.15) is 39.0 Å². The van der Waals surface area contributed by atoms with Crippen LogP contribution in [0, 0.1) is 0 Å². The lowest BCUT2D eigenvalue weighted by molar-refractivity contribution is 0.492. The van der Waals surface area contributed by atoms with Gasteiger partial charge in [-0.05, 0) is 38.6 Å². The molecule has 17 heavy (non-hydrogen) atoms. The first-order valence-electron chi connectivity index (χ1n) is 6.80. The smallest absolute Gasteiger partial charge is 0.314 e. The first kappa shape index (κ1) is 12.4. The van der Waals surface area contributed by atoms with E-state index in [1.54, 1.807) is 4.57 Å². The van der Waals surface area contributed by atoms with Gasteiger partial charge in [0.05, 0.1) is 0 Å². The van der Waals surface area contributed by atoms with Crippen LogP contribution in [-0.2, 0) is 13.1 Å². The SMILES string of the molecule is CCCn1ccn(CCCC2CCCN2)c1=O. The average molecular weight is 237 g/mol. The molecule has 2 heterocycles. The molecule has 4 nitrogen and oxygen atoms in total. The molecule has 0 radical (unpaired) electrons. The van der Waals surface area contributed by atoms with Crippen LogP contribution in [0.2, 0.25) is 0 Å². The zero-order valence-electron chi connectivity index (χ0n) is 10.7. The van der Waals surface area contributed by atoms with E-state index >= 15 is 0 Å². The number of hydrogen-bond acceptors (Lipinski definition) is 2. The standard InChI is InChI=1S/C13H23N3O/c1-2-8-15-10-11-16(13(15)17)9-4-6-12-5-3-7-14-12/h10-12,14H,2-9H2,1H3. The molecule has 1 N–H and O–H groups in total. The highest BCUT2D eigenvalue weighted by Gasteiger charge is 2.13. The fraction of sp³-hybridized carbons (Fsp3) is 0.769. The van der Waals surface area contributed by atoms with E-state index < -0.39 is 0 Å². The van der Waals surface area contributed by atoms with Gasteiger partial charge < -0.3 is 5.32 Å². The molecular weight excluding hydrogens is 214 g/mol. The lowest BCUT2D eigenvalue weighted by atomic mass is 10.1. The minimum atomic E-state index is 0.145. The van der Waals surface area contributed by atoms with Gasteiger partial charge in [0.1, 0.15) is 0 Å². The van der Waals surface area contributed by atoms with Crippen LogP contribution in [-0.4, -0.2) is 21.7 Å². The second-order valence-electron chi connectivity index (χ2n) is 4.90. The molecule has 1 aliphatic heterocycles. The summed E-state index contributed by atoms with van der Waals surface area (Å²) in [6.45, 7) is 4.94. The van der Waals surface area contributed by atoms with Gasteiger partial charge in [-0.25, -0.2) is 4.79 Å². The van der Waals surface area contributed by atoms with Crippen LogP contribution in [0.25, 0.3) is 0 Å². The van der Waals surface area contributed by atoms with Gasteiger partial charge >= 0.3 is 5.69 Å². The second kappa shape index (κ2) is 6.05. The molecule has 4 heteroatoms. The maximum atomic E-state index is 11.9. The van der Waals surface area contributed by atoms with E-state index in [1.807, 2.05) is 17.0 Å². The average Bonchev–Trinajstić information content (AvgIpc) is 2.94. The van der Waals surface area contributed by atoms with Crippen LogP contribution < -0.4 is 11.0 Å². The topological polar surface area (TPSA) is 39.0 Å². The first-order valence-corrected chi connectivity index (χ1v) is 6.80. The molecule has 0 bridgehead atoms. The molecule has 0 saturated carbocycles. The van der Waals surface area contributed by atoms with Crippen LogP contribution in [0.15, 0.2) is 17.2 Å². The second-order valence-corrected chi connectivity index (χ2v) is 4.90. The van der Waals surface area contributed by atoms with E-state index in [2.05, 4.69) is 12.2 Å². The third kappa shape index (κ3) is 3.22. The molecule has 1 unspecified atom stereocenters. The van der Waals surface area contributed by atoms with Gasteiger partial charge in [0, 0.05) is 31.5 Å². The van der Waals surface area contributed by atoms with Gasteiger partial charge in [-0.1, -0.05) is 6.92 Å². The van der Waals surface area contributed by atoms with Gasteiger partial charge in [-0.3, -0.25) is 9.13 Å². The van der Waals surface area contributed by atoms with Crippen molar-refractivity contribution >= 4 is 0 Å². The molecule has 0 spiro atoms. The van der Waals surface area contributed by atoms with E-state index in [4.69, 9.17) is 0 Å². The van der Waals surface area contributed by atoms with Gasteiger partial charge in [0.25, 0.3) is 0 Å². The van der Waals surface area contributed by atoms with Crippen LogP contribution in [0.5, 0.6) is 0 Å². The van der Waals surface area contributed by atoms with E-state index in [9.17, 15) is 4.79 Å². The Kier molecular flexibility index (Phi) is 4.42. The number of rotatable bonds is 6. The molecule has 1 fully saturated rings. The predicted octanol–water partition coefficient (Wildman–Crippen LogP) is 1.59. The Morgan fingerprint density at radius 3 is 2.76 bits per heavy atom. The summed E-state index contributed by atoms with van der Waals surface area (Å²) in [6.07, 6.45) is 9.71. The van der Waals surface area contributed by atoms with Gasteiger partial charge in [0.15, 0.2) is 0 Å². The molecule has 1 atom stereocenters. The quantitative estimate of drug-likeness (QED) is 0.816. The summed E-state index contributed by atoms with van der Waals surface area (Å²) in [7, 11) is 0. The van der Waals surface area contributed by atoms with Crippen LogP contribution >= 0.6 is 0 Å². The number of nitrogens with one attached hydrogen (secondary N) is 1. The van der Waals surface area contributed by atoms with E-state index in [0.717, 1.165) is 32.5 Å². The Morgan fingerprint density at radius 2 is 2.12 bits per heavy atom. The molecule has 1 aliphatic rings. The summed E-state index contributed by atoms with van der Waals surface area (Å²) in [5.74, 6) is 0. The van der Waals surface area contributed by atoms with E-state index in [-0.39, 0.29) is 5.69 Å².